The predicted molar refractivity (Wildman–Crippen MR) is 67.4 cm³/mol. The molecule has 84 valence electrons. The highest BCUT2D eigenvalue weighted by Crippen LogP contribution is 2.33. The minimum absolute atomic E-state index is 0.516. The van der Waals surface area contributed by atoms with Gasteiger partial charge in [-0.25, -0.2) is 0 Å². The molecular formula is C13H14ClNO. The van der Waals surface area contributed by atoms with Crippen molar-refractivity contribution in [1.82, 2.24) is 0 Å². The van der Waals surface area contributed by atoms with Crippen LogP contribution in [0.1, 0.15) is 23.2 Å². The molecule has 3 heteroatoms. The van der Waals surface area contributed by atoms with Gasteiger partial charge in [0.2, 0.25) is 0 Å². The first-order valence-corrected chi connectivity index (χ1v) is 5.76. The molecule has 1 saturated carbocycles. The Bertz CT molecular complexity index is 412. The van der Waals surface area contributed by atoms with Crippen molar-refractivity contribution in [3.63, 3.8) is 0 Å². The molecule has 0 atom stereocenters. The maximum Gasteiger partial charge on any atom is 0.151 e. The molecule has 0 N–H and O–H groups in total. The molecule has 1 aliphatic rings. The molecule has 0 aliphatic heterocycles. The van der Waals surface area contributed by atoms with E-state index in [1.165, 1.54) is 12.8 Å². The van der Waals surface area contributed by atoms with Crippen LogP contribution in [0.4, 0.5) is 5.69 Å². The average Bonchev–Trinajstić information content (AvgIpc) is 3.09. The molecule has 0 saturated heterocycles. The van der Waals surface area contributed by atoms with E-state index in [0.29, 0.717) is 16.6 Å². The van der Waals surface area contributed by atoms with E-state index in [2.05, 4.69) is 11.5 Å². The van der Waals surface area contributed by atoms with Gasteiger partial charge in [0.15, 0.2) is 6.29 Å². The van der Waals surface area contributed by atoms with Crippen molar-refractivity contribution >= 4 is 23.6 Å². The number of nitrogens with zero attached hydrogens (tertiary/aromatic N) is 1. The summed E-state index contributed by atoms with van der Waals surface area (Å²) in [4.78, 5) is 12.9. The minimum Gasteiger partial charge on any atom is -0.365 e. The lowest BCUT2D eigenvalue weighted by Gasteiger charge is -2.23. The quantitative estimate of drug-likeness (QED) is 0.577. The van der Waals surface area contributed by atoms with Crippen LogP contribution in [0.15, 0.2) is 30.9 Å². The fourth-order valence-electron chi connectivity index (χ4n) is 1.78. The van der Waals surface area contributed by atoms with Crippen molar-refractivity contribution in [3.8, 4) is 0 Å². The highest BCUT2D eigenvalue weighted by Gasteiger charge is 2.28. The molecule has 2 rings (SSSR count). The first-order chi connectivity index (χ1) is 7.76. The van der Waals surface area contributed by atoms with Crippen LogP contribution in [-0.4, -0.2) is 18.9 Å². The third kappa shape index (κ3) is 2.27. The van der Waals surface area contributed by atoms with Gasteiger partial charge in [-0.15, -0.1) is 6.58 Å². The Morgan fingerprint density at radius 3 is 2.75 bits per heavy atom. The van der Waals surface area contributed by atoms with Crippen molar-refractivity contribution in [1.29, 1.82) is 0 Å². The molecular weight excluding hydrogens is 222 g/mol. The molecule has 2 nitrogen and oxygen atoms in total. The Kier molecular flexibility index (Phi) is 3.30. The highest BCUT2D eigenvalue weighted by molar-refractivity contribution is 6.33. The van der Waals surface area contributed by atoms with Crippen molar-refractivity contribution < 1.29 is 4.79 Å². The van der Waals surface area contributed by atoms with Gasteiger partial charge in [0.25, 0.3) is 0 Å². The largest absolute Gasteiger partial charge is 0.365 e. The SMILES string of the molecule is C=CCN(c1ccc(C=O)c(Cl)c1)C1CC1. The Morgan fingerprint density at radius 2 is 2.25 bits per heavy atom. The van der Waals surface area contributed by atoms with Gasteiger partial charge in [-0.2, -0.15) is 0 Å². The summed E-state index contributed by atoms with van der Waals surface area (Å²) >= 11 is 6.02. The van der Waals surface area contributed by atoms with Crippen molar-refractivity contribution in [3.05, 3.63) is 41.4 Å². The maximum atomic E-state index is 10.7. The average molecular weight is 236 g/mol. The molecule has 0 amide bonds. The summed E-state index contributed by atoms with van der Waals surface area (Å²) in [5.41, 5.74) is 1.61. The van der Waals surface area contributed by atoms with E-state index in [4.69, 9.17) is 11.6 Å². The number of hydrogen-bond donors (Lipinski definition) is 0. The maximum absolute atomic E-state index is 10.7. The van der Waals surface area contributed by atoms with Crippen molar-refractivity contribution in [2.45, 2.75) is 18.9 Å². The van der Waals surface area contributed by atoms with E-state index in [9.17, 15) is 4.79 Å². The standard InChI is InChI=1S/C13H14ClNO/c1-2-7-15(11-5-6-11)12-4-3-10(9-16)13(14)8-12/h2-4,8-9,11H,1,5-7H2. The molecule has 0 spiro atoms. The van der Waals surface area contributed by atoms with Gasteiger partial charge in [0.1, 0.15) is 0 Å². The summed E-state index contributed by atoms with van der Waals surface area (Å²) in [6.45, 7) is 4.58. The number of rotatable bonds is 5. The number of halogens is 1. The van der Waals surface area contributed by atoms with Crippen LogP contribution in [0.2, 0.25) is 5.02 Å². The smallest absolute Gasteiger partial charge is 0.151 e. The lowest BCUT2D eigenvalue weighted by Crippen LogP contribution is -2.25. The molecule has 1 aliphatic carbocycles. The van der Waals surface area contributed by atoms with Gasteiger partial charge in [0.05, 0.1) is 5.02 Å². The minimum atomic E-state index is 0.516. The Balaban J connectivity index is 2.26. The third-order valence-corrected chi connectivity index (χ3v) is 3.08. The molecule has 1 aromatic rings. The first-order valence-electron chi connectivity index (χ1n) is 5.38. The summed E-state index contributed by atoms with van der Waals surface area (Å²) in [6.07, 6.45) is 5.11. The molecule has 0 bridgehead atoms. The number of aldehydes is 1. The second-order valence-corrected chi connectivity index (χ2v) is 4.40. The highest BCUT2D eigenvalue weighted by atomic mass is 35.5. The number of hydrogen-bond acceptors (Lipinski definition) is 2. The van der Waals surface area contributed by atoms with E-state index in [0.717, 1.165) is 18.5 Å². The van der Waals surface area contributed by atoms with Crippen LogP contribution in [0, 0.1) is 0 Å². The van der Waals surface area contributed by atoms with Gasteiger partial charge >= 0.3 is 0 Å². The molecule has 0 heterocycles. The van der Waals surface area contributed by atoms with E-state index in [-0.39, 0.29) is 0 Å². The van der Waals surface area contributed by atoms with E-state index < -0.39 is 0 Å². The normalized spacial score (nSPS) is 14.6. The molecule has 0 unspecified atom stereocenters. The van der Waals surface area contributed by atoms with Crippen molar-refractivity contribution in [2.24, 2.45) is 0 Å². The molecule has 1 aromatic carbocycles. The Hall–Kier alpha value is -1.28. The first kappa shape index (κ1) is 11.2. The summed E-state index contributed by atoms with van der Waals surface area (Å²) in [5.74, 6) is 0. The van der Waals surface area contributed by atoms with Crippen LogP contribution >= 0.6 is 11.6 Å². The third-order valence-electron chi connectivity index (χ3n) is 2.76. The monoisotopic (exact) mass is 235 g/mol. The zero-order valence-electron chi connectivity index (χ0n) is 9.03. The summed E-state index contributed by atoms with van der Waals surface area (Å²) < 4.78 is 0. The molecule has 16 heavy (non-hydrogen) atoms. The lowest BCUT2D eigenvalue weighted by atomic mass is 10.2. The topological polar surface area (TPSA) is 20.3 Å². The van der Waals surface area contributed by atoms with E-state index >= 15 is 0 Å². The van der Waals surface area contributed by atoms with Gasteiger partial charge in [-0.1, -0.05) is 17.7 Å². The van der Waals surface area contributed by atoms with Crippen LogP contribution in [0.3, 0.4) is 0 Å². The summed E-state index contributed by atoms with van der Waals surface area (Å²) in [5, 5.41) is 0.516. The Labute approximate surface area is 101 Å². The van der Waals surface area contributed by atoms with Crippen LogP contribution in [0.25, 0.3) is 0 Å². The van der Waals surface area contributed by atoms with E-state index in [1.807, 2.05) is 18.2 Å². The van der Waals surface area contributed by atoms with E-state index in [1.54, 1.807) is 6.07 Å². The van der Waals surface area contributed by atoms with Gasteiger partial charge in [-0.05, 0) is 31.0 Å². The zero-order chi connectivity index (χ0) is 11.5. The number of carbonyl (C=O) groups excluding carboxylic acids is 1. The summed E-state index contributed by atoms with van der Waals surface area (Å²) in [6, 6.07) is 6.17. The summed E-state index contributed by atoms with van der Waals surface area (Å²) in [7, 11) is 0. The van der Waals surface area contributed by atoms with Crippen LogP contribution < -0.4 is 4.90 Å². The predicted octanol–water partition coefficient (Wildman–Crippen LogP) is 3.31. The fraction of sp³-hybridized carbons (Fsp3) is 0.308. The van der Waals surface area contributed by atoms with Crippen LogP contribution in [0.5, 0.6) is 0 Å². The number of carbonyl (C=O) groups is 1. The van der Waals surface area contributed by atoms with Gasteiger partial charge in [-0.3, -0.25) is 4.79 Å². The zero-order valence-corrected chi connectivity index (χ0v) is 9.78. The van der Waals surface area contributed by atoms with Gasteiger partial charge in [0, 0.05) is 23.8 Å². The Morgan fingerprint density at radius 1 is 1.50 bits per heavy atom. The number of anilines is 1. The molecule has 1 fully saturated rings. The van der Waals surface area contributed by atoms with Crippen molar-refractivity contribution in [2.75, 3.05) is 11.4 Å². The van der Waals surface area contributed by atoms with Gasteiger partial charge < -0.3 is 4.90 Å². The fourth-order valence-corrected chi connectivity index (χ4v) is 2.00. The van der Waals surface area contributed by atoms with Crippen LogP contribution in [-0.2, 0) is 0 Å². The lowest BCUT2D eigenvalue weighted by molar-refractivity contribution is 0.112. The second-order valence-electron chi connectivity index (χ2n) is 4.00. The second kappa shape index (κ2) is 4.71. The molecule has 0 radical (unpaired) electrons. The number of benzene rings is 1. The molecule has 0 aromatic heterocycles.